The van der Waals surface area contributed by atoms with E-state index in [1.807, 2.05) is 0 Å². The number of aryl methyl sites for hydroxylation is 1. The first-order chi connectivity index (χ1) is 11.4. The number of nitrogens with zero attached hydrogens (tertiary/aromatic N) is 1. The maximum absolute atomic E-state index is 12.6. The monoisotopic (exact) mass is 342 g/mol. The minimum absolute atomic E-state index is 0.0847. The number of benzene rings is 2. The lowest BCUT2D eigenvalue weighted by Gasteiger charge is -2.19. The summed E-state index contributed by atoms with van der Waals surface area (Å²) in [6, 6.07) is 10.8. The molecular weight excluding hydrogens is 332 g/mol. The zero-order valence-electron chi connectivity index (χ0n) is 12.5. The topological polar surface area (TPSA) is 89.3 Å². The molecule has 3 rings (SSSR count). The van der Waals surface area contributed by atoms with Crippen LogP contribution >= 0.6 is 11.6 Å². The molecule has 0 spiro atoms. The maximum atomic E-state index is 12.6. The van der Waals surface area contributed by atoms with Gasteiger partial charge in [0.05, 0.1) is 4.92 Å². The molecule has 0 unspecified atom stereocenters. The predicted molar refractivity (Wildman–Crippen MR) is 89.4 cm³/mol. The molecule has 2 aromatic rings. The van der Waals surface area contributed by atoms with E-state index >= 15 is 0 Å². The first kappa shape index (κ1) is 15.9. The molecule has 1 N–H and O–H groups in total. The van der Waals surface area contributed by atoms with Crippen LogP contribution in [0.15, 0.2) is 53.2 Å². The molecule has 0 heterocycles. The highest BCUT2D eigenvalue weighted by molar-refractivity contribution is 6.50. The van der Waals surface area contributed by atoms with E-state index in [4.69, 9.17) is 11.6 Å². The van der Waals surface area contributed by atoms with Crippen molar-refractivity contribution in [1.29, 1.82) is 0 Å². The van der Waals surface area contributed by atoms with E-state index in [0.717, 1.165) is 0 Å². The molecular formula is C17H11ClN2O4. The Kier molecular flexibility index (Phi) is 3.91. The number of nitrogens with one attached hydrogen (secondary N) is 1. The standard InChI is InChI=1S/C17H11ClN2O4/c1-9-6-7-10(8-13(9)20(23)24)19-15-14(18)16(21)11-4-2-3-5-12(11)17(15)22/h2-8,19H,1H3. The Hall–Kier alpha value is -2.99. The van der Waals surface area contributed by atoms with Crippen LogP contribution in [0, 0.1) is 17.0 Å². The van der Waals surface area contributed by atoms with Gasteiger partial charge in [-0.25, -0.2) is 0 Å². The third-order valence-corrected chi connectivity index (χ3v) is 4.10. The number of carbonyl (C=O) groups excluding carboxylic acids is 2. The maximum Gasteiger partial charge on any atom is 0.274 e. The van der Waals surface area contributed by atoms with Crippen molar-refractivity contribution in [2.45, 2.75) is 6.92 Å². The summed E-state index contributed by atoms with van der Waals surface area (Å²) in [5, 5.41) is 13.5. The molecule has 2 aromatic carbocycles. The molecule has 6 nitrogen and oxygen atoms in total. The van der Waals surface area contributed by atoms with Gasteiger partial charge in [-0.15, -0.1) is 0 Å². The number of anilines is 1. The number of ketones is 2. The lowest BCUT2D eigenvalue weighted by atomic mass is 9.92. The summed E-state index contributed by atoms with van der Waals surface area (Å²) in [4.78, 5) is 35.4. The smallest absolute Gasteiger partial charge is 0.274 e. The second-order valence-electron chi connectivity index (χ2n) is 5.28. The number of fused-ring (bicyclic) bond motifs is 1. The number of Topliss-reactive ketones (excluding diaryl/α,β-unsaturated/α-hetero) is 2. The van der Waals surface area contributed by atoms with Crippen molar-refractivity contribution in [3.8, 4) is 0 Å². The lowest BCUT2D eigenvalue weighted by molar-refractivity contribution is -0.385. The van der Waals surface area contributed by atoms with E-state index in [0.29, 0.717) is 11.3 Å². The third kappa shape index (κ3) is 2.57. The van der Waals surface area contributed by atoms with Gasteiger partial charge in [-0.05, 0) is 13.0 Å². The van der Waals surface area contributed by atoms with Crippen molar-refractivity contribution in [1.82, 2.24) is 0 Å². The van der Waals surface area contributed by atoms with Crippen molar-refractivity contribution in [2.24, 2.45) is 0 Å². The van der Waals surface area contributed by atoms with Crippen LogP contribution in [0.4, 0.5) is 11.4 Å². The molecule has 1 aliphatic carbocycles. The zero-order chi connectivity index (χ0) is 17.4. The van der Waals surface area contributed by atoms with Crippen molar-refractivity contribution in [2.75, 3.05) is 5.32 Å². The van der Waals surface area contributed by atoms with Gasteiger partial charge in [-0.2, -0.15) is 0 Å². The van der Waals surface area contributed by atoms with Crippen LogP contribution in [0.5, 0.6) is 0 Å². The number of carbonyl (C=O) groups is 2. The summed E-state index contributed by atoms with van der Waals surface area (Å²) in [6.07, 6.45) is 0. The molecule has 1 aliphatic rings. The largest absolute Gasteiger partial charge is 0.351 e. The van der Waals surface area contributed by atoms with Crippen LogP contribution in [0.25, 0.3) is 0 Å². The van der Waals surface area contributed by atoms with Crippen LogP contribution < -0.4 is 5.32 Å². The fraction of sp³-hybridized carbons (Fsp3) is 0.0588. The van der Waals surface area contributed by atoms with E-state index in [1.165, 1.54) is 18.2 Å². The molecule has 0 radical (unpaired) electrons. The molecule has 24 heavy (non-hydrogen) atoms. The van der Waals surface area contributed by atoms with Crippen molar-refractivity contribution < 1.29 is 14.5 Å². The van der Waals surface area contributed by atoms with Crippen LogP contribution in [0.1, 0.15) is 26.3 Å². The average molecular weight is 343 g/mol. The molecule has 0 atom stereocenters. The predicted octanol–water partition coefficient (Wildman–Crippen LogP) is 3.84. The second-order valence-corrected chi connectivity index (χ2v) is 5.65. The van der Waals surface area contributed by atoms with Crippen molar-refractivity contribution >= 4 is 34.5 Å². The Morgan fingerprint density at radius 3 is 2.29 bits per heavy atom. The van der Waals surface area contributed by atoms with E-state index in [2.05, 4.69) is 5.32 Å². The van der Waals surface area contributed by atoms with Crippen LogP contribution in [-0.4, -0.2) is 16.5 Å². The van der Waals surface area contributed by atoms with E-state index < -0.39 is 16.5 Å². The van der Waals surface area contributed by atoms with E-state index in [-0.39, 0.29) is 27.5 Å². The summed E-state index contributed by atoms with van der Waals surface area (Å²) in [6.45, 7) is 1.61. The fourth-order valence-electron chi connectivity index (χ4n) is 2.49. The highest BCUT2D eigenvalue weighted by Gasteiger charge is 2.31. The van der Waals surface area contributed by atoms with Gasteiger partial charge in [-0.3, -0.25) is 19.7 Å². The summed E-state index contributed by atoms with van der Waals surface area (Å²) < 4.78 is 0. The Labute approximate surface area is 141 Å². The molecule has 0 saturated carbocycles. The average Bonchev–Trinajstić information content (AvgIpc) is 2.58. The quantitative estimate of drug-likeness (QED) is 0.676. The number of halogens is 1. The van der Waals surface area contributed by atoms with Gasteiger partial charge in [-0.1, -0.05) is 41.9 Å². The SMILES string of the molecule is Cc1ccc(NC2=C(Cl)C(=O)c3ccccc3C2=O)cc1[N+](=O)[O-]. The van der Waals surface area contributed by atoms with E-state index in [1.54, 1.807) is 31.2 Å². The first-order valence-corrected chi connectivity index (χ1v) is 7.38. The Morgan fingerprint density at radius 1 is 1.04 bits per heavy atom. The number of allylic oxidation sites excluding steroid dienone is 2. The van der Waals surface area contributed by atoms with Gasteiger partial charge in [0.1, 0.15) is 10.7 Å². The fourth-order valence-corrected chi connectivity index (χ4v) is 2.72. The second kappa shape index (κ2) is 5.90. The van der Waals surface area contributed by atoms with Crippen LogP contribution in [-0.2, 0) is 0 Å². The lowest BCUT2D eigenvalue weighted by Crippen LogP contribution is -2.24. The number of nitro groups is 1. The van der Waals surface area contributed by atoms with Gasteiger partial charge < -0.3 is 5.32 Å². The molecule has 7 heteroatoms. The highest BCUT2D eigenvalue weighted by atomic mass is 35.5. The number of hydrogen-bond donors (Lipinski definition) is 1. The van der Waals surface area contributed by atoms with Gasteiger partial charge in [0.15, 0.2) is 0 Å². The molecule has 0 fully saturated rings. The minimum Gasteiger partial charge on any atom is -0.351 e. The third-order valence-electron chi connectivity index (χ3n) is 3.74. The number of nitro benzene ring substituents is 1. The van der Waals surface area contributed by atoms with Crippen molar-refractivity contribution in [3.63, 3.8) is 0 Å². The van der Waals surface area contributed by atoms with Gasteiger partial charge in [0.25, 0.3) is 5.69 Å². The summed E-state index contributed by atoms with van der Waals surface area (Å²) in [7, 11) is 0. The molecule has 0 amide bonds. The first-order valence-electron chi connectivity index (χ1n) is 7.00. The van der Waals surface area contributed by atoms with E-state index in [9.17, 15) is 19.7 Å². The summed E-state index contributed by atoms with van der Waals surface area (Å²) >= 11 is 6.05. The van der Waals surface area contributed by atoms with Gasteiger partial charge in [0, 0.05) is 28.4 Å². The Balaban J connectivity index is 2.03. The minimum atomic E-state index is -0.514. The van der Waals surface area contributed by atoms with Crippen LogP contribution in [0.2, 0.25) is 0 Å². The Bertz CT molecular complexity index is 934. The molecule has 0 bridgehead atoms. The number of rotatable bonds is 3. The number of hydrogen-bond acceptors (Lipinski definition) is 5. The van der Waals surface area contributed by atoms with Gasteiger partial charge in [0.2, 0.25) is 11.6 Å². The molecule has 0 saturated heterocycles. The normalized spacial score (nSPS) is 13.8. The summed E-state index contributed by atoms with van der Waals surface area (Å²) in [5.41, 5.74) is 1.11. The molecule has 120 valence electrons. The summed E-state index contributed by atoms with van der Waals surface area (Å²) in [5.74, 6) is -0.894. The van der Waals surface area contributed by atoms with Crippen LogP contribution in [0.3, 0.4) is 0 Å². The molecule has 0 aromatic heterocycles. The van der Waals surface area contributed by atoms with Crippen molar-refractivity contribution in [3.05, 3.63) is 80.0 Å². The molecule has 0 aliphatic heterocycles. The van der Waals surface area contributed by atoms with Gasteiger partial charge >= 0.3 is 0 Å². The zero-order valence-corrected chi connectivity index (χ0v) is 13.3. The Morgan fingerprint density at radius 2 is 1.67 bits per heavy atom. The highest BCUT2D eigenvalue weighted by Crippen LogP contribution is 2.30.